The van der Waals surface area contributed by atoms with Crippen LogP contribution >= 0.6 is 0 Å². The minimum atomic E-state index is -1.44. The Morgan fingerprint density at radius 3 is 2.72 bits per heavy atom. The first kappa shape index (κ1) is 13.5. The molecule has 0 radical (unpaired) electrons. The maximum absolute atomic E-state index is 11.7. The third-order valence-corrected chi connectivity index (χ3v) is 4.18. The molecule has 2 aliphatic heterocycles. The third kappa shape index (κ3) is 2.30. The number of nitrogens with zero attached hydrogens (tertiary/aromatic N) is 1. The Hall–Kier alpha value is -0.910. The van der Waals surface area contributed by atoms with Gasteiger partial charge in [-0.05, 0) is 27.3 Å². The highest BCUT2D eigenvalue weighted by molar-refractivity contribution is 5.87. The molecule has 102 valence electrons. The first-order valence-corrected chi connectivity index (χ1v) is 6.35. The number of aliphatic hydroxyl groups excluding tert-OH is 1. The molecular formula is C13H21NO4. The van der Waals surface area contributed by atoms with E-state index in [0.717, 1.165) is 0 Å². The number of carbonyl (C=O) groups excluding carboxylic acids is 1. The van der Waals surface area contributed by atoms with Gasteiger partial charge in [0.05, 0.1) is 6.10 Å². The molecular weight excluding hydrogens is 234 g/mol. The van der Waals surface area contributed by atoms with Crippen molar-refractivity contribution >= 4 is 5.97 Å². The number of fused-ring (bicyclic) bond motifs is 2. The molecule has 0 aromatic carbocycles. The second-order valence-corrected chi connectivity index (χ2v) is 5.41. The quantitative estimate of drug-likeness (QED) is 0.425. The van der Waals surface area contributed by atoms with E-state index in [1.54, 1.807) is 19.9 Å². The predicted octanol–water partition coefficient (Wildman–Crippen LogP) is 0.412. The summed E-state index contributed by atoms with van der Waals surface area (Å²) >= 11 is 0. The summed E-state index contributed by atoms with van der Waals surface area (Å²) in [5, 5.41) is 20.3. The van der Waals surface area contributed by atoms with Crippen LogP contribution in [0.1, 0.15) is 33.1 Å². The average Bonchev–Trinajstić information content (AvgIpc) is 2.49. The lowest BCUT2D eigenvalue weighted by atomic mass is 9.96. The first-order valence-electron chi connectivity index (χ1n) is 6.35. The van der Waals surface area contributed by atoms with E-state index in [2.05, 4.69) is 4.90 Å². The molecule has 0 aromatic rings. The van der Waals surface area contributed by atoms with Gasteiger partial charge < -0.3 is 14.9 Å². The maximum Gasteiger partial charge on any atom is 0.335 e. The van der Waals surface area contributed by atoms with Crippen molar-refractivity contribution in [3.05, 3.63) is 11.6 Å². The number of rotatable bonds is 2. The molecule has 5 nitrogen and oxygen atoms in total. The smallest absolute Gasteiger partial charge is 0.335 e. The lowest BCUT2D eigenvalue weighted by Gasteiger charge is -2.41. The van der Waals surface area contributed by atoms with Gasteiger partial charge in [-0.3, -0.25) is 4.90 Å². The Labute approximate surface area is 107 Å². The molecule has 0 saturated carbocycles. The summed E-state index contributed by atoms with van der Waals surface area (Å²) in [5.74, 6) is -1.93. The van der Waals surface area contributed by atoms with Gasteiger partial charge in [-0.2, -0.15) is 0 Å². The number of likely N-dealkylation sites (N-methyl/N-ethyl adjacent to an activating group) is 1. The molecule has 2 bridgehead atoms. The molecule has 4 unspecified atom stereocenters. The fourth-order valence-electron chi connectivity index (χ4n) is 2.88. The molecule has 5 heteroatoms. The van der Waals surface area contributed by atoms with Crippen LogP contribution < -0.4 is 0 Å². The third-order valence-electron chi connectivity index (χ3n) is 4.18. The van der Waals surface area contributed by atoms with Crippen LogP contribution in [-0.2, 0) is 9.53 Å². The van der Waals surface area contributed by atoms with Crippen LogP contribution in [0.4, 0.5) is 0 Å². The van der Waals surface area contributed by atoms with Crippen molar-refractivity contribution < 1.29 is 19.7 Å². The molecule has 0 aliphatic carbocycles. The SMILES string of the molecule is CC=C(C)C(=O)OC1(O)CC2CC(O)C(C1)N2C. The summed E-state index contributed by atoms with van der Waals surface area (Å²) < 4.78 is 5.22. The van der Waals surface area contributed by atoms with Crippen LogP contribution in [0.15, 0.2) is 11.6 Å². The zero-order valence-electron chi connectivity index (χ0n) is 11.1. The van der Waals surface area contributed by atoms with Crippen molar-refractivity contribution in [2.75, 3.05) is 7.05 Å². The van der Waals surface area contributed by atoms with Crippen molar-refractivity contribution in [2.24, 2.45) is 0 Å². The Kier molecular flexibility index (Phi) is 3.49. The molecule has 2 aliphatic rings. The molecule has 2 fully saturated rings. The van der Waals surface area contributed by atoms with Crippen LogP contribution in [0, 0.1) is 0 Å². The second kappa shape index (κ2) is 4.64. The fourth-order valence-corrected chi connectivity index (χ4v) is 2.88. The fraction of sp³-hybridized carbons (Fsp3) is 0.769. The van der Waals surface area contributed by atoms with Crippen molar-refractivity contribution in [3.8, 4) is 0 Å². The number of ether oxygens (including phenoxy) is 1. The van der Waals surface area contributed by atoms with E-state index in [-0.39, 0.29) is 18.5 Å². The highest BCUT2D eigenvalue weighted by atomic mass is 16.7. The van der Waals surface area contributed by atoms with Gasteiger partial charge >= 0.3 is 5.97 Å². The molecule has 0 spiro atoms. The molecule has 2 heterocycles. The van der Waals surface area contributed by atoms with Gasteiger partial charge in [-0.1, -0.05) is 6.08 Å². The normalized spacial score (nSPS) is 40.9. The molecule has 2 rings (SSSR count). The van der Waals surface area contributed by atoms with Crippen LogP contribution in [0.3, 0.4) is 0 Å². The topological polar surface area (TPSA) is 70.0 Å². The van der Waals surface area contributed by atoms with Gasteiger partial charge in [0.25, 0.3) is 0 Å². The number of allylic oxidation sites excluding steroid dienone is 1. The van der Waals surface area contributed by atoms with E-state index in [1.807, 2.05) is 7.05 Å². The molecule has 0 amide bonds. The zero-order valence-corrected chi connectivity index (χ0v) is 11.1. The number of hydrogen-bond acceptors (Lipinski definition) is 5. The van der Waals surface area contributed by atoms with Gasteiger partial charge in [0.2, 0.25) is 5.79 Å². The van der Waals surface area contributed by atoms with Gasteiger partial charge in [0, 0.05) is 30.5 Å². The molecule has 2 saturated heterocycles. The number of esters is 1. The summed E-state index contributed by atoms with van der Waals surface area (Å²) in [6.07, 6.45) is 2.47. The van der Waals surface area contributed by atoms with E-state index in [9.17, 15) is 15.0 Å². The Balaban J connectivity index is 2.08. The Morgan fingerprint density at radius 1 is 1.50 bits per heavy atom. The van der Waals surface area contributed by atoms with Crippen LogP contribution in [0.25, 0.3) is 0 Å². The van der Waals surface area contributed by atoms with Gasteiger partial charge in [0.1, 0.15) is 0 Å². The van der Waals surface area contributed by atoms with E-state index in [1.165, 1.54) is 0 Å². The van der Waals surface area contributed by atoms with Crippen molar-refractivity contribution in [1.82, 2.24) is 4.90 Å². The minimum Gasteiger partial charge on any atom is -0.430 e. The summed E-state index contributed by atoms with van der Waals surface area (Å²) in [4.78, 5) is 13.8. The molecule has 0 aromatic heterocycles. The number of hydrogen-bond donors (Lipinski definition) is 2. The van der Waals surface area contributed by atoms with Crippen molar-refractivity contribution in [3.63, 3.8) is 0 Å². The number of aliphatic hydroxyl groups is 2. The van der Waals surface area contributed by atoms with E-state index in [4.69, 9.17) is 4.74 Å². The molecule has 2 N–H and O–H groups in total. The van der Waals surface area contributed by atoms with E-state index < -0.39 is 17.9 Å². The summed E-state index contributed by atoms with van der Waals surface area (Å²) in [5.41, 5.74) is 0.482. The van der Waals surface area contributed by atoms with E-state index >= 15 is 0 Å². The van der Waals surface area contributed by atoms with E-state index in [0.29, 0.717) is 18.4 Å². The summed E-state index contributed by atoms with van der Waals surface area (Å²) in [6, 6.07) is -0.0603. The van der Waals surface area contributed by atoms with Gasteiger partial charge in [0.15, 0.2) is 0 Å². The monoisotopic (exact) mass is 255 g/mol. The van der Waals surface area contributed by atoms with Gasteiger partial charge in [-0.25, -0.2) is 4.79 Å². The van der Waals surface area contributed by atoms with Crippen LogP contribution in [-0.4, -0.2) is 52.1 Å². The Bertz CT molecular complexity index is 381. The molecule has 18 heavy (non-hydrogen) atoms. The summed E-state index contributed by atoms with van der Waals surface area (Å²) in [6.45, 7) is 3.41. The largest absolute Gasteiger partial charge is 0.430 e. The Morgan fingerprint density at radius 2 is 2.17 bits per heavy atom. The average molecular weight is 255 g/mol. The highest BCUT2D eigenvalue weighted by Crippen LogP contribution is 2.40. The standard InChI is InChI=1S/C13H21NO4/c1-4-8(2)12(16)18-13(17)6-9-5-11(15)10(7-13)14(9)3/h4,9-11,15,17H,5-7H2,1-3H3. The van der Waals surface area contributed by atoms with Crippen molar-refractivity contribution in [2.45, 2.75) is 57.1 Å². The van der Waals surface area contributed by atoms with Crippen LogP contribution in [0.2, 0.25) is 0 Å². The summed E-state index contributed by atoms with van der Waals surface area (Å²) in [7, 11) is 1.93. The zero-order chi connectivity index (χ0) is 13.5. The number of piperidine rings is 1. The number of carbonyl (C=O) groups is 1. The predicted molar refractivity (Wildman–Crippen MR) is 65.7 cm³/mol. The lowest BCUT2D eigenvalue weighted by Crippen LogP contribution is -2.52. The first-order chi connectivity index (χ1) is 8.36. The molecule has 4 atom stereocenters. The highest BCUT2D eigenvalue weighted by Gasteiger charge is 2.52. The second-order valence-electron chi connectivity index (χ2n) is 5.41. The van der Waals surface area contributed by atoms with Gasteiger partial charge in [-0.15, -0.1) is 0 Å². The maximum atomic E-state index is 11.7. The minimum absolute atomic E-state index is 0.0717. The van der Waals surface area contributed by atoms with Crippen LogP contribution in [0.5, 0.6) is 0 Å². The lowest BCUT2D eigenvalue weighted by molar-refractivity contribution is -0.229. The van der Waals surface area contributed by atoms with Crippen molar-refractivity contribution in [1.29, 1.82) is 0 Å².